The molecule has 0 spiro atoms. The molecular weight excluding hydrogens is 254 g/mol. The summed E-state index contributed by atoms with van der Waals surface area (Å²) >= 11 is 0. The zero-order chi connectivity index (χ0) is 14.8. The lowest BCUT2D eigenvalue weighted by atomic mass is 10.1. The van der Waals surface area contributed by atoms with E-state index >= 15 is 0 Å². The van der Waals surface area contributed by atoms with E-state index in [2.05, 4.69) is 11.2 Å². The Morgan fingerprint density at radius 1 is 1.40 bits per heavy atom. The number of terminal acetylenes is 1. The molecule has 0 saturated heterocycles. The molecular formula is C16H21NO3. The van der Waals surface area contributed by atoms with Crippen LogP contribution in [0.4, 0.5) is 0 Å². The molecule has 0 heterocycles. The van der Waals surface area contributed by atoms with E-state index in [4.69, 9.17) is 15.9 Å². The van der Waals surface area contributed by atoms with Gasteiger partial charge in [-0.1, -0.05) is 18.1 Å². The van der Waals surface area contributed by atoms with E-state index in [9.17, 15) is 4.79 Å². The highest BCUT2D eigenvalue weighted by molar-refractivity contribution is 5.80. The molecule has 0 aliphatic carbocycles. The third-order valence-electron chi connectivity index (χ3n) is 2.74. The van der Waals surface area contributed by atoms with Crippen LogP contribution >= 0.6 is 0 Å². The van der Waals surface area contributed by atoms with Gasteiger partial charge in [-0.2, -0.15) is 0 Å². The first-order valence-electron chi connectivity index (χ1n) is 6.72. The first-order chi connectivity index (χ1) is 9.67. The number of nitrogens with one attached hydrogen (secondary N) is 1. The summed E-state index contributed by atoms with van der Waals surface area (Å²) in [6.45, 7) is 5.00. The van der Waals surface area contributed by atoms with Crippen LogP contribution in [0.2, 0.25) is 0 Å². The van der Waals surface area contributed by atoms with Gasteiger partial charge in [-0.05, 0) is 38.0 Å². The average molecular weight is 275 g/mol. The smallest absolute Gasteiger partial charge is 0.248 e. The highest BCUT2D eigenvalue weighted by Crippen LogP contribution is 2.12. The van der Waals surface area contributed by atoms with Gasteiger partial charge in [0.2, 0.25) is 5.91 Å². The quantitative estimate of drug-likeness (QED) is 0.736. The highest BCUT2D eigenvalue weighted by atomic mass is 16.5. The van der Waals surface area contributed by atoms with E-state index in [0.717, 1.165) is 17.7 Å². The lowest BCUT2D eigenvalue weighted by Gasteiger charge is -2.12. The predicted octanol–water partition coefficient (Wildman–Crippen LogP) is 1.78. The molecule has 1 amide bonds. The van der Waals surface area contributed by atoms with Crippen LogP contribution in [0.15, 0.2) is 24.3 Å². The molecule has 0 bridgehead atoms. The number of carbonyl (C=O) groups excluding carboxylic acids is 1. The fraction of sp³-hybridized carbons (Fsp3) is 0.438. The first-order valence-corrected chi connectivity index (χ1v) is 6.72. The van der Waals surface area contributed by atoms with Crippen LogP contribution in [0.1, 0.15) is 19.4 Å². The summed E-state index contributed by atoms with van der Waals surface area (Å²) < 4.78 is 10.5. The van der Waals surface area contributed by atoms with Gasteiger partial charge in [0.15, 0.2) is 0 Å². The molecule has 0 radical (unpaired) electrons. The second-order valence-electron chi connectivity index (χ2n) is 4.28. The Kier molecular flexibility index (Phi) is 7.23. The molecule has 0 saturated carbocycles. The van der Waals surface area contributed by atoms with Gasteiger partial charge < -0.3 is 14.8 Å². The van der Waals surface area contributed by atoms with E-state index in [-0.39, 0.29) is 12.5 Å². The fourth-order valence-corrected chi connectivity index (χ4v) is 1.68. The van der Waals surface area contributed by atoms with Gasteiger partial charge in [0.25, 0.3) is 0 Å². The Morgan fingerprint density at radius 3 is 2.70 bits per heavy atom. The summed E-state index contributed by atoms with van der Waals surface area (Å²) in [6.07, 6.45) is 5.48. The lowest BCUT2D eigenvalue weighted by molar-refractivity contribution is -0.131. The lowest BCUT2D eigenvalue weighted by Crippen LogP contribution is -2.35. The third-order valence-corrected chi connectivity index (χ3v) is 2.74. The Balaban J connectivity index is 2.32. The van der Waals surface area contributed by atoms with Crippen molar-refractivity contribution in [2.45, 2.75) is 26.4 Å². The van der Waals surface area contributed by atoms with Crippen molar-refractivity contribution < 1.29 is 14.3 Å². The van der Waals surface area contributed by atoms with Crippen molar-refractivity contribution in [2.75, 3.05) is 19.8 Å². The monoisotopic (exact) mass is 275 g/mol. The molecule has 1 N–H and O–H groups in total. The third kappa shape index (κ3) is 5.77. The van der Waals surface area contributed by atoms with E-state index in [0.29, 0.717) is 13.2 Å². The summed E-state index contributed by atoms with van der Waals surface area (Å²) in [5.41, 5.74) is 1.13. The van der Waals surface area contributed by atoms with Gasteiger partial charge in [0.05, 0.1) is 0 Å². The second-order valence-corrected chi connectivity index (χ2v) is 4.28. The normalized spacial score (nSPS) is 11.4. The fourth-order valence-electron chi connectivity index (χ4n) is 1.68. The van der Waals surface area contributed by atoms with Crippen molar-refractivity contribution in [3.63, 3.8) is 0 Å². The maximum Gasteiger partial charge on any atom is 0.248 e. The molecule has 1 unspecified atom stereocenters. The molecule has 1 aromatic carbocycles. The van der Waals surface area contributed by atoms with Crippen LogP contribution in [0.5, 0.6) is 5.75 Å². The van der Waals surface area contributed by atoms with Crippen molar-refractivity contribution >= 4 is 5.91 Å². The molecule has 1 aromatic rings. The van der Waals surface area contributed by atoms with Crippen LogP contribution in [0, 0.1) is 12.3 Å². The van der Waals surface area contributed by atoms with Crippen LogP contribution in [-0.2, 0) is 16.0 Å². The Bertz CT molecular complexity index is 448. The van der Waals surface area contributed by atoms with Crippen LogP contribution in [0.3, 0.4) is 0 Å². The standard InChI is InChI=1S/C16H21NO3/c1-4-12-20-15-8-6-14(7-9-15)10-11-17-16(18)13(3)19-5-2/h1,6-9,13H,5,10-12H2,2-3H3,(H,17,18). The molecule has 0 aromatic heterocycles. The van der Waals surface area contributed by atoms with E-state index < -0.39 is 6.10 Å². The van der Waals surface area contributed by atoms with Crippen LogP contribution < -0.4 is 10.1 Å². The number of hydrogen-bond acceptors (Lipinski definition) is 3. The van der Waals surface area contributed by atoms with E-state index in [1.807, 2.05) is 31.2 Å². The van der Waals surface area contributed by atoms with Gasteiger partial charge in [-0.25, -0.2) is 0 Å². The van der Waals surface area contributed by atoms with Crippen molar-refractivity contribution in [1.82, 2.24) is 5.32 Å². The molecule has 0 aliphatic rings. The minimum Gasteiger partial charge on any atom is -0.481 e. The Hall–Kier alpha value is -1.99. The molecule has 4 nitrogen and oxygen atoms in total. The number of rotatable bonds is 8. The Labute approximate surface area is 120 Å². The SMILES string of the molecule is C#CCOc1ccc(CCNC(=O)C(C)OCC)cc1. The minimum absolute atomic E-state index is 0.0826. The van der Waals surface area contributed by atoms with Gasteiger partial charge >= 0.3 is 0 Å². The van der Waals surface area contributed by atoms with Gasteiger partial charge in [-0.3, -0.25) is 4.79 Å². The molecule has 20 heavy (non-hydrogen) atoms. The summed E-state index contributed by atoms with van der Waals surface area (Å²) in [4.78, 5) is 11.6. The molecule has 1 atom stereocenters. The second kappa shape index (κ2) is 9.00. The summed E-state index contributed by atoms with van der Waals surface area (Å²) in [7, 11) is 0. The molecule has 4 heteroatoms. The maximum absolute atomic E-state index is 11.6. The summed E-state index contributed by atoms with van der Waals surface area (Å²) in [5.74, 6) is 3.08. The largest absolute Gasteiger partial charge is 0.481 e. The topological polar surface area (TPSA) is 47.6 Å². The number of hydrogen-bond donors (Lipinski definition) is 1. The molecule has 1 rings (SSSR count). The zero-order valence-electron chi connectivity index (χ0n) is 12.0. The number of amides is 1. The molecule has 108 valence electrons. The number of carbonyl (C=O) groups is 1. The van der Waals surface area contributed by atoms with Crippen molar-refractivity contribution in [3.05, 3.63) is 29.8 Å². The number of benzene rings is 1. The van der Waals surface area contributed by atoms with Gasteiger partial charge in [0.1, 0.15) is 18.5 Å². The van der Waals surface area contributed by atoms with Crippen molar-refractivity contribution in [2.24, 2.45) is 0 Å². The first kappa shape index (κ1) is 16.1. The minimum atomic E-state index is -0.403. The zero-order valence-corrected chi connectivity index (χ0v) is 12.0. The average Bonchev–Trinajstić information content (AvgIpc) is 2.46. The molecule has 0 fully saturated rings. The summed E-state index contributed by atoms with van der Waals surface area (Å²) in [5, 5.41) is 2.84. The van der Waals surface area contributed by atoms with Gasteiger partial charge in [-0.15, -0.1) is 6.42 Å². The van der Waals surface area contributed by atoms with Crippen molar-refractivity contribution in [3.8, 4) is 18.1 Å². The van der Waals surface area contributed by atoms with Crippen LogP contribution in [-0.4, -0.2) is 31.8 Å². The predicted molar refractivity (Wildman–Crippen MR) is 78.6 cm³/mol. The maximum atomic E-state index is 11.6. The highest BCUT2D eigenvalue weighted by Gasteiger charge is 2.11. The van der Waals surface area contributed by atoms with E-state index in [1.165, 1.54) is 0 Å². The van der Waals surface area contributed by atoms with E-state index in [1.54, 1.807) is 6.92 Å². The number of ether oxygens (including phenoxy) is 2. The van der Waals surface area contributed by atoms with Crippen LogP contribution in [0.25, 0.3) is 0 Å². The summed E-state index contributed by atoms with van der Waals surface area (Å²) in [6, 6.07) is 7.67. The van der Waals surface area contributed by atoms with Crippen molar-refractivity contribution in [1.29, 1.82) is 0 Å². The van der Waals surface area contributed by atoms with Gasteiger partial charge in [0, 0.05) is 13.2 Å². The Morgan fingerprint density at radius 2 is 2.10 bits per heavy atom. The molecule has 0 aliphatic heterocycles.